The van der Waals surface area contributed by atoms with E-state index in [9.17, 15) is 19.5 Å². The molecule has 1 saturated carbocycles. The summed E-state index contributed by atoms with van der Waals surface area (Å²) in [4.78, 5) is 35.8. The molecular weight excluding hydrogens is 436 g/mol. The lowest BCUT2D eigenvalue weighted by Crippen LogP contribution is -2.44. The lowest BCUT2D eigenvalue weighted by Gasteiger charge is -2.30. The van der Waals surface area contributed by atoms with Crippen molar-refractivity contribution in [3.63, 3.8) is 0 Å². The maximum absolute atomic E-state index is 12.6. The second-order valence-corrected chi connectivity index (χ2v) is 8.96. The number of ether oxygens (including phenoxy) is 1. The van der Waals surface area contributed by atoms with Crippen LogP contribution in [0.3, 0.4) is 0 Å². The molecule has 180 valence electrons. The van der Waals surface area contributed by atoms with Crippen molar-refractivity contribution in [1.29, 1.82) is 0 Å². The minimum absolute atomic E-state index is 0.0213. The first-order valence-electron chi connectivity index (χ1n) is 11.7. The van der Waals surface area contributed by atoms with Crippen molar-refractivity contribution in [2.24, 2.45) is 11.8 Å². The Morgan fingerprint density at radius 2 is 1.56 bits per heavy atom. The minimum atomic E-state index is -1.63. The predicted molar refractivity (Wildman–Crippen MR) is 125 cm³/mol. The Labute approximate surface area is 198 Å². The van der Waals surface area contributed by atoms with E-state index in [-0.39, 0.29) is 36.8 Å². The Bertz CT molecular complexity index is 1010. The number of aliphatic hydroxyl groups excluding tert-OH is 1. The van der Waals surface area contributed by atoms with Crippen LogP contribution in [0.5, 0.6) is 0 Å². The number of amides is 2. The first kappa shape index (κ1) is 23.8. The molecule has 0 spiro atoms. The van der Waals surface area contributed by atoms with Gasteiger partial charge in [0.1, 0.15) is 6.61 Å². The van der Waals surface area contributed by atoms with Crippen molar-refractivity contribution in [2.75, 3.05) is 19.7 Å². The van der Waals surface area contributed by atoms with Gasteiger partial charge in [-0.15, -0.1) is 0 Å². The molecular formula is C26H30N2O6. The van der Waals surface area contributed by atoms with Crippen LogP contribution in [-0.4, -0.2) is 54.0 Å². The molecule has 8 heteroatoms. The Morgan fingerprint density at radius 1 is 0.941 bits per heavy atom. The van der Waals surface area contributed by atoms with Crippen molar-refractivity contribution < 1.29 is 29.3 Å². The zero-order valence-electron chi connectivity index (χ0n) is 18.9. The van der Waals surface area contributed by atoms with Crippen molar-refractivity contribution in [3.8, 4) is 11.1 Å². The van der Waals surface area contributed by atoms with E-state index in [0.717, 1.165) is 41.5 Å². The number of carboxylic acids is 1. The lowest BCUT2D eigenvalue weighted by molar-refractivity contribution is -0.146. The molecule has 2 amide bonds. The molecule has 34 heavy (non-hydrogen) atoms. The number of alkyl carbamates (subject to hydrolysis) is 1. The maximum atomic E-state index is 12.6. The van der Waals surface area contributed by atoms with Gasteiger partial charge in [-0.2, -0.15) is 0 Å². The van der Waals surface area contributed by atoms with E-state index in [1.54, 1.807) is 0 Å². The van der Waals surface area contributed by atoms with E-state index >= 15 is 0 Å². The van der Waals surface area contributed by atoms with Crippen molar-refractivity contribution in [1.82, 2.24) is 10.6 Å². The van der Waals surface area contributed by atoms with E-state index in [0.29, 0.717) is 13.0 Å². The largest absolute Gasteiger partial charge is 0.479 e. The summed E-state index contributed by atoms with van der Waals surface area (Å²) in [5.74, 6) is -2.11. The monoisotopic (exact) mass is 466 g/mol. The van der Waals surface area contributed by atoms with Gasteiger partial charge in [-0.3, -0.25) is 4.79 Å². The zero-order chi connectivity index (χ0) is 24.1. The molecule has 0 aliphatic heterocycles. The molecule has 0 radical (unpaired) electrons. The van der Waals surface area contributed by atoms with Crippen molar-refractivity contribution in [3.05, 3.63) is 59.7 Å². The molecule has 1 fully saturated rings. The summed E-state index contributed by atoms with van der Waals surface area (Å²) in [5.41, 5.74) is 4.61. The Morgan fingerprint density at radius 3 is 2.21 bits per heavy atom. The highest BCUT2D eigenvalue weighted by atomic mass is 16.5. The molecule has 0 bridgehead atoms. The Kier molecular flexibility index (Phi) is 7.47. The van der Waals surface area contributed by atoms with Gasteiger partial charge in [0.25, 0.3) is 0 Å². The maximum Gasteiger partial charge on any atom is 0.407 e. The average Bonchev–Trinajstić information content (AvgIpc) is 3.18. The predicted octanol–water partition coefficient (Wildman–Crippen LogP) is 2.89. The summed E-state index contributed by atoms with van der Waals surface area (Å²) in [6, 6.07) is 16.3. The average molecular weight is 467 g/mol. The van der Waals surface area contributed by atoms with Crippen LogP contribution in [-0.2, 0) is 14.3 Å². The Hall–Kier alpha value is -3.39. The highest BCUT2D eigenvalue weighted by molar-refractivity contribution is 5.81. The number of rotatable bonds is 8. The van der Waals surface area contributed by atoms with E-state index in [4.69, 9.17) is 9.84 Å². The van der Waals surface area contributed by atoms with Crippen LogP contribution in [0.15, 0.2) is 48.5 Å². The zero-order valence-corrected chi connectivity index (χ0v) is 18.9. The van der Waals surface area contributed by atoms with Gasteiger partial charge in [0.05, 0.1) is 6.54 Å². The molecule has 2 aliphatic rings. The molecule has 0 heterocycles. The van der Waals surface area contributed by atoms with Gasteiger partial charge in [0.2, 0.25) is 5.91 Å². The van der Waals surface area contributed by atoms with E-state index in [1.807, 2.05) is 24.3 Å². The van der Waals surface area contributed by atoms with Gasteiger partial charge < -0.3 is 25.6 Å². The fourth-order valence-corrected chi connectivity index (χ4v) is 5.08. The molecule has 2 aliphatic carbocycles. The number of aliphatic hydroxyl groups is 1. The fourth-order valence-electron chi connectivity index (χ4n) is 5.08. The first-order valence-corrected chi connectivity index (χ1v) is 11.7. The summed E-state index contributed by atoms with van der Waals surface area (Å²) >= 11 is 0. The molecule has 3 atom stereocenters. The van der Waals surface area contributed by atoms with Gasteiger partial charge in [-0.25, -0.2) is 9.59 Å². The molecule has 2 aromatic carbocycles. The number of nitrogens with one attached hydrogen (secondary N) is 2. The third-order valence-corrected chi connectivity index (χ3v) is 6.85. The SMILES string of the molecule is O=C(NC[C@H]1CCCC[C@H]1C(=O)NCC(O)C(=O)O)OCC1c2ccccc2-c2ccccc21. The summed E-state index contributed by atoms with van der Waals surface area (Å²) < 4.78 is 5.58. The van der Waals surface area contributed by atoms with Gasteiger partial charge in [0.15, 0.2) is 6.10 Å². The number of hydrogen-bond acceptors (Lipinski definition) is 5. The van der Waals surface area contributed by atoms with E-state index < -0.39 is 18.2 Å². The number of aliphatic carboxylic acids is 1. The molecule has 0 aromatic heterocycles. The second kappa shape index (κ2) is 10.7. The number of fused-ring (bicyclic) bond motifs is 3. The summed E-state index contributed by atoms with van der Waals surface area (Å²) in [6.07, 6.45) is 1.13. The number of hydrogen-bond donors (Lipinski definition) is 4. The molecule has 0 saturated heterocycles. The van der Waals surface area contributed by atoms with Gasteiger partial charge >= 0.3 is 12.1 Å². The minimum Gasteiger partial charge on any atom is -0.479 e. The van der Waals surface area contributed by atoms with Gasteiger partial charge in [-0.1, -0.05) is 61.4 Å². The van der Waals surface area contributed by atoms with Crippen LogP contribution >= 0.6 is 0 Å². The van der Waals surface area contributed by atoms with Crippen LogP contribution in [0.1, 0.15) is 42.7 Å². The van der Waals surface area contributed by atoms with Gasteiger partial charge in [-0.05, 0) is 41.0 Å². The molecule has 4 N–H and O–H groups in total. The van der Waals surface area contributed by atoms with Crippen molar-refractivity contribution in [2.45, 2.75) is 37.7 Å². The quantitative estimate of drug-likeness (QED) is 0.474. The second-order valence-electron chi connectivity index (χ2n) is 8.96. The molecule has 1 unspecified atom stereocenters. The molecule has 2 aromatic rings. The van der Waals surface area contributed by atoms with Crippen LogP contribution in [0, 0.1) is 11.8 Å². The number of carbonyl (C=O) groups is 3. The molecule has 8 nitrogen and oxygen atoms in total. The van der Waals surface area contributed by atoms with E-state index in [2.05, 4.69) is 34.9 Å². The number of carboxylic acid groups (broad SMARTS) is 1. The number of benzene rings is 2. The highest BCUT2D eigenvalue weighted by Gasteiger charge is 2.32. The van der Waals surface area contributed by atoms with Crippen LogP contribution in [0.4, 0.5) is 4.79 Å². The summed E-state index contributed by atoms with van der Waals surface area (Å²) in [7, 11) is 0. The third-order valence-electron chi connectivity index (χ3n) is 6.85. The highest BCUT2D eigenvalue weighted by Crippen LogP contribution is 2.44. The smallest absolute Gasteiger partial charge is 0.407 e. The normalized spacial score (nSPS) is 20.0. The summed E-state index contributed by atoms with van der Waals surface area (Å²) in [6.45, 7) is 0.189. The number of carbonyl (C=O) groups excluding carboxylic acids is 2. The lowest BCUT2D eigenvalue weighted by atomic mass is 9.78. The third kappa shape index (κ3) is 5.22. The Balaban J connectivity index is 1.30. The molecule has 4 rings (SSSR count). The van der Waals surface area contributed by atoms with Crippen molar-refractivity contribution >= 4 is 18.0 Å². The first-order chi connectivity index (χ1) is 16.5. The van der Waals surface area contributed by atoms with Crippen LogP contribution in [0.2, 0.25) is 0 Å². The standard InChI is InChI=1S/C26H30N2O6/c29-23(25(31)32)14-27-24(30)17-8-2-1-7-16(17)13-28-26(33)34-15-22-20-11-5-3-9-18(20)19-10-4-6-12-21(19)22/h3-6,9-12,16-17,22-23,29H,1-2,7-8,13-15H2,(H,27,30)(H,28,33)(H,31,32)/t16-,17-,23?/m1/s1. The topological polar surface area (TPSA) is 125 Å². The summed E-state index contributed by atoms with van der Waals surface area (Å²) in [5, 5.41) is 23.5. The van der Waals surface area contributed by atoms with Gasteiger partial charge in [0, 0.05) is 18.4 Å². The van der Waals surface area contributed by atoms with Crippen LogP contribution < -0.4 is 10.6 Å². The van der Waals surface area contributed by atoms with E-state index in [1.165, 1.54) is 0 Å². The fraction of sp³-hybridized carbons (Fsp3) is 0.423. The van der Waals surface area contributed by atoms with Crippen LogP contribution in [0.25, 0.3) is 11.1 Å².